The zero-order chi connectivity index (χ0) is 22.7. The Morgan fingerprint density at radius 2 is 1.12 bits per heavy atom. The van der Waals surface area contributed by atoms with Gasteiger partial charge in [0.2, 0.25) is 11.8 Å². The number of aromatic nitrogens is 2. The summed E-state index contributed by atoms with van der Waals surface area (Å²) in [5.41, 5.74) is 3.03. The maximum atomic E-state index is 13.7. The Balaban J connectivity index is 1.66. The van der Waals surface area contributed by atoms with Gasteiger partial charge in [-0.25, -0.2) is 9.97 Å². The average Bonchev–Trinajstić information content (AvgIpc) is 3.39. The van der Waals surface area contributed by atoms with Crippen LogP contribution >= 0.6 is 31.9 Å². The van der Waals surface area contributed by atoms with E-state index >= 15 is 0 Å². The highest BCUT2D eigenvalue weighted by Gasteiger charge is 2.34. The molecule has 32 heavy (non-hydrogen) atoms. The number of carbonyl (C=O) groups excluding carboxylic acids is 1. The summed E-state index contributed by atoms with van der Waals surface area (Å²) in [7, 11) is 0. The summed E-state index contributed by atoms with van der Waals surface area (Å²) in [5, 5.41) is 0.860. The van der Waals surface area contributed by atoms with Gasteiger partial charge in [0.25, 0.3) is 0 Å². The molecule has 0 N–H and O–H groups in total. The van der Waals surface area contributed by atoms with Gasteiger partial charge in [-0.15, -0.1) is 0 Å². The SMILES string of the molecule is Cc1oc(-c2ccccc2)nc1C(CBr)C(=O)C(CBr)c1nc(-c2ccccc2)oc1C. The molecule has 0 fully saturated rings. The molecule has 2 heterocycles. The summed E-state index contributed by atoms with van der Waals surface area (Å²) in [6.45, 7) is 3.69. The molecule has 4 rings (SSSR count). The van der Waals surface area contributed by atoms with Gasteiger partial charge in [0, 0.05) is 21.8 Å². The van der Waals surface area contributed by atoms with E-state index in [0.29, 0.717) is 45.3 Å². The van der Waals surface area contributed by atoms with Gasteiger partial charge >= 0.3 is 0 Å². The molecule has 0 aliphatic heterocycles. The number of aryl methyl sites for hydroxylation is 2. The van der Waals surface area contributed by atoms with E-state index in [-0.39, 0.29) is 5.78 Å². The number of benzene rings is 2. The van der Waals surface area contributed by atoms with E-state index in [1.165, 1.54) is 0 Å². The van der Waals surface area contributed by atoms with Crippen molar-refractivity contribution in [1.82, 2.24) is 9.97 Å². The summed E-state index contributed by atoms with van der Waals surface area (Å²) in [5.74, 6) is 1.34. The predicted octanol–water partition coefficient (Wildman–Crippen LogP) is 6.84. The summed E-state index contributed by atoms with van der Waals surface area (Å²) in [4.78, 5) is 23.0. The average molecular weight is 558 g/mol. The van der Waals surface area contributed by atoms with Crippen LogP contribution in [0.3, 0.4) is 0 Å². The van der Waals surface area contributed by atoms with E-state index < -0.39 is 11.8 Å². The van der Waals surface area contributed by atoms with E-state index in [2.05, 4.69) is 41.8 Å². The third-order valence-corrected chi connectivity index (χ3v) is 6.66. The lowest BCUT2D eigenvalue weighted by Crippen LogP contribution is -2.24. The number of carbonyl (C=O) groups is 1. The zero-order valence-electron chi connectivity index (χ0n) is 17.7. The maximum Gasteiger partial charge on any atom is 0.226 e. The zero-order valence-corrected chi connectivity index (χ0v) is 20.9. The van der Waals surface area contributed by atoms with E-state index in [0.717, 1.165) is 11.1 Å². The van der Waals surface area contributed by atoms with Crippen LogP contribution in [-0.4, -0.2) is 26.4 Å². The summed E-state index contributed by atoms with van der Waals surface area (Å²) >= 11 is 7.04. The molecule has 5 nitrogen and oxygen atoms in total. The van der Waals surface area contributed by atoms with Gasteiger partial charge in [-0.1, -0.05) is 68.3 Å². The minimum absolute atomic E-state index is 0.00535. The van der Waals surface area contributed by atoms with E-state index in [9.17, 15) is 4.79 Å². The van der Waals surface area contributed by atoms with Gasteiger partial charge in [-0.2, -0.15) is 0 Å². The Morgan fingerprint density at radius 1 is 0.750 bits per heavy atom. The fraction of sp³-hybridized carbons (Fsp3) is 0.240. The molecule has 0 aliphatic rings. The van der Waals surface area contributed by atoms with Gasteiger partial charge < -0.3 is 8.83 Å². The van der Waals surface area contributed by atoms with Crippen LogP contribution in [0.5, 0.6) is 0 Å². The van der Waals surface area contributed by atoms with E-state index in [1.807, 2.05) is 74.5 Å². The van der Waals surface area contributed by atoms with Crippen molar-refractivity contribution in [2.24, 2.45) is 0 Å². The first kappa shape index (κ1) is 22.7. The minimum Gasteiger partial charge on any atom is -0.441 e. The van der Waals surface area contributed by atoms with Gasteiger partial charge in [0.15, 0.2) is 5.78 Å². The number of hydrogen-bond acceptors (Lipinski definition) is 5. The molecule has 4 aromatic rings. The molecule has 0 saturated heterocycles. The molecule has 2 aromatic heterocycles. The number of nitrogens with zero attached hydrogens (tertiary/aromatic N) is 2. The summed E-state index contributed by atoms with van der Waals surface area (Å²) < 4.78 is 11.8. The molecule has 0 bridgehead atoms. The van der Waals surface area contributed by atoms with Gasteiger partial charge in [-0.05, 0) is 38.1 Å². The number of oxazole rings is 2. The number of ketones is 1. The van der Waals surface area contributed by atoms with Gasteiger partial charge in [0.05, 0.1) is 23.2 Å². The Hall–Kier alpha value is -2.51. The third kappa shape index (κ3) is 4.50. The predicted molar refractivity (Wildman–Crippen MR) is 131 cm³/mol. The second-order valence-electron chi connectivity index (χ2n) is 7.47. The van der Waals surface area contributed by atoms with Gasteiger partial charge in [0.1, 0.15) is 11.5 Å². The Kier molecular flexibility index (Phi) is 7.06. The number of hydrogen-bond donors (Lipinski definition) is 0. The highest BCUT2D eigenvalue weighted by atomic mass is 79.9. The normalized spacial score (nSPS) is 13.1. The van der Waals surface area contributed by atoms with Crippen molar-refractivity contribution in [3.05, 3.63) is 83.6 Å². The van der Waals surface area contributed by atoms with Crippen LogP contribution in [0.1, 0.15) is 34.7 Å². The second kappa shape index (κ2) is 9.96. The first-order valence-corrected chi connectivity index (χ1v) is 12.5. The van der Waals surface area contributed by atoms with Crippen molar-refractivity contribution in [3.63, 3.8) is 0 Å². The lowest BCUT2D eigenvalue weighted by molar-refractivity contribution is -0.121. The Bertz CT molecular complexity index is 1110. The quantitative estimate of drug-likeness (QED) is 0.222. The van der Waals surface area contributed by atoms with Crippen LogP contribution in [-0.2, 0) is 4.79 Å². The fourth-order valence-corrected chi connectivity index (χ4v) is 4.93. The van der Waals surface area contributed by atoms with Crippen LogP contribution < -0.4 is 0 Å². The van der Waals surface area contributed by atoms with Crippen molar-refractivity contribution < 1.29 is 13.6 Å². The number of Topliss-reactive ketones (excluding diaryl/α,β-unsaturated/α-hetero) is 1. The molecule has 0 aliphatic carbocycles. The lowest BCUT2D eigenvalue weighted by Gasteiger charge is -2.17. The van der Waals surface area contributed by atoms with Crippen molar-refractivity contribution in [2.75, 3.05) is 10.7 Å². The maximum absolute atomic E-state index is 13.7. The molecular formula is C25H22Br2N2O3. The Labute approximate surface area is 203 Å². The van der Waals surface area contributed by atoms with Crippen LogP contribution in [0.15, 0.2) is 69.5 Å². The second-order valence-corrected chi connectivity index (χ2v) is 8.76. The first-order chi connectivity index (χ1) is 15.5. The number of halogens is 2. The van der Waals surface area contributed by atoms with E-state index in [1.54, 1.807) is 0 Å². The Morgan fingerprint density at radius 3 is 1.47 bits per heavy atom. The molecule has 2 aromatic carbocycles. The van der Waals surface area contributed by atoms with Crippen molar-refractivity contribution >= 4 is 37.6 Å². The van der Waals surface area contributed by atoms with Crippen LogP contribution in [0, 0.1) is 13.8 Å². The van der Waals surface area contributed by atoms with Crippen molar-refractivity contribution in [2.45, 2.75) is 25.7 Å². The summed E-state index contributed by atoms with van der Waals surface area (Å²) in [6, 6.07) is 19.3. The largest absolute Gasteiger partial charge is 0.441 e. The standard InChI is InChI=1S/C25H22Br2N2O3/c1-15-21(28-24(31-15)17-9-5-3-6-10-17)19(13-26)23(30)20(14-27)22-16(2)32-25(29-22)18-11-7-4-8-12-18/h3-12,19-20H,13-14H2,1-2H3. The van der Waals surface area contributed by atoms with Crippen molar-refractivity contribution in [3.8, 4) is 22.9 Å². The first-order valence-electron chi connectivity index (χ1n) is 10.2. The minimum atomic E-state index is -0.477. The lowest BCUT2D eigenvalue weighted by atomic mass is 9.89. The van der Waals surface area contributed by atoms with Crippen LogP contribution in [0.2, 0.25) is 0 Å². The monoisotopic (exact) mass is 556 g/mol. The van der Waals surface area contributed by atoms with Gasteiger partial charge in [-0.3, -0.25) is 4.79 Å². The number of alkyl halides is 2. The van der Waals surface area contributed by atoms with Crippen LogP contribution in [0.25, 0.3) is 22.9 Å². The smallest absolute Gasteiger partial charge is 0.226 e. The van der Waals surface area contributed by atoms with Crippen molar-refractivity contribution in [1.29, 1.82) is 0 Å². The topological polar surface area (TPSA) is 69.1 Å². The number of rotatable bonds is 8. The molecule has 2 atom stereocenters. The molecule has 0 spiro atoms. The van der Waals surface area contributed by atoms with E-state index in [4.69, 9.17) is 8.83 Å². The fourth-order valence-electron chi connectivity index (χ4n) is 3.68. The molecule has 0 saturated carbocycles. The molecule has 2 unspecified atom stereocenters. The highest BCUT2D eigenvalue weighted by molar-refractivity contribution is 9.09. The summed E-state index contributed by atoms with van der Waals surface area (Å²) in [6.07, 6.45) is 0. The third-order valence-electron chi connectivity index (χ3n) is 5.36. The molecule has 164 valence electrons. The molecule has 7 heteroatoms. The molecule has 0 amide bonds. The highest BCUT2D eigenvalue weighted by Crippen LogP contribution is 2.35. The molecule has 0 radical (unpaired) electrons. The molecular weight excluding hydrogens is 536 g/mol. The van der Waals surface area contributed by atoms with Crippen LogP contribution in [0.4, 0.5) is 0 Å².